The Balaban J connectivity index is 3.45. The van der Waals surface area contributed by atoms with Crippen LogP contribution in [0, 0.1) is 16.7 Å². The van der Waals surface area contributed by atoms with Crippen LogP contribution in [-0.4, -0.2) is 6.04 Å². The Kier molecular flexibility index (Phi) is 5.08. The normalized spacial score (nSPS) is 16.5. The van der Waals surface area contributed by atoms with Gasteiger partial charge in [-0.05, 0) is 31.6 Å². The second-order valence-corrected chi connectivity index (χ2v) is 3.75. The quantitative estimate of drug-likeness (QED) is 0.563. The van der Waals surface area contributed by atoms with Crippen LogP contribution in [0.5, 0.6) is 0 Å². The average Bonchev–Trinajstić information content (AvgIpc) is 1.99. The highest BCUT2D eigenvalue weighted by Gasteiger charge is 2.09. The van der Waals surface area contributed by atoms with Crippen molar-refractivity contribution in [3.05, 3.63) is 4.91 Å². The average molecular weight is 157 g/mol. The van der Waals surface area contributed by atoms with E-state index in [4.69, 9.17) is 0 Å². The molecule has 0 fully saturated rings. The first-order valence-corrected chi connectivity index (χ1v) is 4.40. The van der Waals surface area contributed by atoms with Gasteiger partial charge in [-0.1, -0.05) is 25.9 Å². The molecule has 0 aromatic heterocycles. The zero-order valence-electron chi connectivity index (χ0n) is 8.00. The van der Waals surface area contributed by atoms with Crippen LogP contribution in [0.15, 0.2) is 5.18 Å². The Labute approximate surface area is 69.4 Å². The summed E-state index contributed by atoms with van der Waals surface area (Å²) < 4.78 is 0. The summed E-state index contributed by atoms with van der Waals surface area (Å²) in [4.78, 5) is 10.0. The molecule has 0 N–H and O–H groups in total. The summed E-state index contributed by atoms with van der Waals surface area (Å²) >= 11 is 0. The Bertz CT molecular complexity index is 112. The Morgan fingerprint density at radius 2 is 1.64 bits per heavy atom. The lowest BCUT2D eigenvalue weighted by Crippen LogP contribution is -2.07. The van der Waals surface area contributed by atoms with Gasteiger partial charge in [0.1, 0.15) is 0 Å². The molecule has 2 heteroatoms. The molecule has 0 heterocycles. The largest absolute Gasteiger partial charge is 0.151 e. The zero-order valence-corrected chi connectivity index (χ0v) is 8.00. The van der Waals surface area contributed by atoms with Crippen LogP contribution in [0.25, 0.3) is 0 Å². The molecule has 0 radical (unpaired) electrons. The van der Waals surface area contributed by atoms with Crippen LogP contribution >= 0.6 is 0 Å². The molecular formula is C9H19NO. The van der Waals surface area contributed by atoms with Gasteiger partial charge in [0.05, 0.1) is 6.04 Å². The molecule has 0 aliphatic carbocycles. The summed E-state index contributed by atoms with van der Waals surface area (Å²) in [6.07, 6.45) is 2.05. The molecule has 0 aliphatic heterocycles. The van der Waals surface area contributed by atoms with E-state index in [-0.39, 0.29) is 6.04 Å². The van der Waals surface area contributed by atoms with Crippen molar-refractivity contribution in [2.24, 2.45) is 17.0 Å². The molecular weight excluding hydrogens is 138 g/mol. The van der Waals surface area contributed by atoms with Crippen LogP contribution in [0.4, 0.5) is 0 Å². The van der Waals surface area contributed by atoms with E-state index in [0.717, 1.165) is 12.8 Å². The second-order valence-electron chi connectivity index (χ2n) is 3.75. The summed E-state index contributed by atoms with van der Waals surface area (Å²) in [7, 11) is 0. The van der Waals surface area contributed by atoms with Gasteiger partial charge in [0.2, 0.25) is 0 Å². The van der Waals surface area contributed by atoms with Gasteiger partial charge in [0.25, 0.3) is 0 Å². The van der Waals surface area contributed by atoms with Crippen molar-refractivity contribution in [1.82, 2.24) is 0 Å². The third-order valence-electron chi connectivity index (χ3n) is 2.36. The maximum atomic E-state index is 10.0. The number of rotatable bonds is 5. The van der Waals surface area contributed by atoms with E-state index < -0.39 is 0 Å². The number of hydrogen-bond acceptors (Lipinski definition) is 2. The first-order valence-electron chi connectivity index (χ1n) is 4.40. The van der Waals surface area contributed by atoms with Gasteiger partial charge >= 0.3 is 0 Å². The van der Waals surface area contributed by atoms with Gasteiger partial charge in [-0.15, -0.1) is 0 Å². The molecule has 11 heavy (non-hydrogen) atoms. The van der Waals surface area contributed by atoms with E-state index in [2.05, 4.69) is 25.9 Å². The zero-order chi connectivity index (χ0) is 8.85. The maximum Gasteiger partial charge on any atom is 0.0891 e. The molecule has 0 amide bonds. The van der Waals surface area contributed by atoms with Crippen LogP contribution in [0.3, 0.4) is 0 Å². The van der Waals surface area contributed by atoms with Crippen molar-refractivity contribution in [2.75, 3.05) is 0 Å². The highest BCUT2D eigenvalue weighted by Crippen LogP contribution is 2.17. The summed E-state index contributed by atoms with van der Waals surface area (Å²) in [6, 6.07) is -0.00352. The predicted octanol–water partition coefficient (Wildman–Crippen LogP) is 3.21. The van der Waals surface area contributed by atoms with Gasteiger partial charge in [-0.25, -0.2) is 0 Å². The Hall–Kier alpha value is -0.400. The molecule has 66 valence electrons. The lowest BCUT2D eigenvalue weighted by molar-refractivity contribution is 0.371. The standard InChI is InChI=1S/C9H19NO/c1-7(2)8(3)5-6-9(4)10-11/h7-9H,5-6H2,1-4H3/t8?,9-/m0/s1. The summed E-state index contributed by atoms with van der Waals surface area (Å²) in [5.74, 6) is 1.42. The summed E-state index contributed by atoms with van der Waals surface area (Å²) in [5.41, 5.74) is 0. The van der Waals surface area contributed by atoms with Crippen LogP contribution in [-0.2, 0) is 0 Å². The minimum absolute atomic E-state index is 0.00352. The first kappa shape index (κ1) is 10.6. The van der Waals surface area contributed by atoms with Crippen LogP contribution in [0.2, 0.25) is 0 Å². The highest BCUT2D eigenvalue weighted by atomic mass is 16.3. The van der Waals surface area contributed by atoms with Crippen LogP contribution in [0.1, 0.15) is 40.5 Å². The van der Waals surface area contributed by atoms with E-state index in [0.29, 0.717) is 11.8 Å². The first-order chi connectivity index (χ1) is 5.07. The van der Waals surface area contributed by atoms with E-state index in [1.165, 1.54) is 0 Å². The van der Waals surface area contributed by atoms with Crippen molar-refractivity contribution in [3.8, 4) is 0 Å². The fourth-order valence-electron chi connectivity index (χ4n) is 0.890. The Morgan fingerprint density at radius 3 is 2.00 bits per heavy atom. The molecule has 0 saturated heterocycles. The minimum Gasteiger partial charge on any atom is -0.151 e. The molecule has 0 aromatic rings. The van der Waals surface area contributed by atoms with Crippen molar-refractivity contribution in [2.45, 2.75) is 46.6 Å². The second kappa shape index (κ2) is 5.28. The van der Waals surface area contributed by atoms with E-state index in [1.807, 2.05) is 6.92 Å². The maximum absolute atomic E-state index is 10.0. The van der Waals surface area contributed by atoms with Gasteiger partial charge in [-0.3, -0.25) is 0 Å². The number of nitrogens with zero attached hydrogens (tertiary/aromatic N) is 1. The van der Waals surface area contributed by atoms with Crippen molar-refractivity contribution in [1.29, 1.82) is 0 Å². The third kappa shape index (κ3) is 4.93. The van der Waals surface area contributed by atoms with E-state index in [9.17, 15) is 4.91 Å². The fourth-order valence-corrected chi connectivity index (χ4v) is 0.890. The molecule has 2 nitrogen and oxygen atoms in total. The molecule has 1 unspecified atom stereocenters. The van der Waals surface area contributed by atoms with Gasteiger partial charge in [0, 0.05) is 0 Å². The van der Waals surface area contributed by atoms with Crippen molar-refractivity contribution >= 4 is 0 Å². The highest BCUT2D eigenvalue weighted by molar-refractivity contribution is 4.63. The van der Waals surface area contributed by atoms with Gasteiger partial charge in [-0.2, -0.15) is 4.91 Å². The predicted molar refractivity (Wildman–Crippen MR) is 48.5 cm³/mol. The topological polar surface area (TPSA) is 29.4 Å². The number of hydrogen-bond donors (Lipinski definition) is 0. The van der Waals surface area contributed by atoms with Gasteiger partial charge < -0.3 is 0 Å². The molecule has 0 aliphatic rings. The van der Waals surface area contributed by atoms with E-state index in [1.54, 1.807) is 0 Å². The van der Waals surface area contributed by atoms with Gasteiger partial charge in [0.15, 0.2) is 0 Å². The van der Waals surface area contributed by atoms with E-state index >= 15 is 0 Å². The molecule has 0 rings (SSSR count). The third-order valence-corrected chi connectivity index (χ3v) is 2.36. The van der Waals surface area contributed by atoms with Crippen molar-refractivity contribution < 1.29 is 0 Å². The van der Waals surface area contributed by atoms with Crippen LogP contribution < -0.4 is 0 Å². The molecule has 0 saturated carbocycles. The minimum atomic E-state index is -0.00352. The summed E-state index contributed by atoms with van der Waals surface area (Å²) in [6.45, 7) is 8.52. The Morgan fingerprint density at radius 1 is 1.09 bits per heavy atom. The van der Waals surface area contributed by atoms with Crippen molar-refractivity contribution in [3.63, 3.8) is 0 Å². The molecule has 2 atom stereocenters. The molecule has 0 aromatic carbocycles. The lowest BCUT2D eigenvalue weighted by Gasteiger charge is -2.15. The SMILES string of the molecule is CC(C)C(C)CC[C@H](C)N=O. The lowest BCUT2D eigenvalue weighted by atomic mass is 9.92. The molecule has 0 spiro atoms. The molecule has 0 bridgehead atoms. The monoisotopic (exact) mass is 157 g/mol. The smallest absolute Gasteiger partial charge is 0.0891 e. The number of nitroso groups, excluding NO2 is 1. The summed E-state index contributed by atoms with van der Waals surface area (Å²) in [5, 5.41) is 2.97. The fraction of sp³-hybridized carbons (Fsp3) is 1.00.